The quantitative estimate of drug-likeness (QED) is 0.576. The highest BCUT2D eigenvalue weighted by Crippen LogP contribution is 2.36. The first-order chi connectivity index (χ1) is 9.24. The molecule has 0 radical (unpaired) electrons. The predicted octanol–water partition coefficient (Wildman–Crippen LogP) is 1.61. The first-order valence-corrected chi connectivity index (χ1v) is 6.28. The topological polar surface area (TPSA) is 59.6 Å². The smallest absolute Gasteiger partial charge is 0.268 e. The summed E-state index contributed by atoms with van der Waals surface area (Å²) in [6, 6.07) is 5.38. The van der Waals surface area contributed by atoms with Crippen LogP contribution < -0.4 is 14.2 Å². The molecule has 96 valence electrons. The zero-order valence-corrected chi connectivity index (χ0v) is 10.2. The average Bonchev–Trinajstić information content (AvgIpc) is 2.86. The minimum Gasteiger partial charge on any atom is -0.454 e. The van der Waals surface area contributed by atoms with E-state index in [1.54, 1.807) is 12.1 Å². The van der Waals surface area contributed by atoms with Crippen molar-refractivity contribution in [2.45, 2.75) is 19.3 Å². The highest BCUT2D eigenvalue weighted by atomic mass is 16.7. The average molecular weight is 258 g/mol. The molecular weight excluding hydrogens is 246 g/mol. The maximum absolute atomic E-state index is 11.9. The summed E-state index contributed by atoms with van der Waals surface area (Å²) in [5.74, 6) is 1.36. The van der Waals surface area contributed by atoms with Crippen LogP contribution >= 0.6 is 0 Å². The van der Waals surface area contributed by atoms with Gasteiger partial charge in [-0.15, -0.1) is 0 Å². The van der Waals surface area contributed by atoms with Crippen LogP contribution in [0.5, 0.6) is 11.5 Å². The van der Waals surface area contributed by atoms with Crippen LogP contribution in [0, 0.1) is 0 Å². The SMILES string of the molecule is O=C1CCCc2c1cc1cc3c(cc1[n+]2O)OCO3. The van der Waals surface area contributed by atoms with E-state index in [0.717, 1.165) is 16.5 Å². The van der Waals surface area contributed by atoms with Crippen molar-refractivity contribution in [3.05, 3.63) is 29.5 Å². The Labute approximate surface area is 108 Å². The van der Waals surface area contributed by atoms with Gasteiger partial charge in [0.1, 0.15) is 0 Å². The molecule has 19 heavy (non-hydrogen) atoms. The molecule has 0 fully saturated rings. The molecule has 2 aromatic rings. The lowest BCUT2D eigenvalue weighted by molar-refractivity contribution is -0.889. The summed E-state index contributed by atoms with van der Waals surface area (Å²) >= 11 is 0. The van der Waals surface area contributed by atoms with Gasteiger partial charge in [0.25, 0.3) is 5.52 Å². The predicted molar refractivity (Wildman–Crippen MR) is 64.7 cm³/mol. The molecular formula is C14H12NO4+. The Morgan fingerprint density at radius 2 is 1.89 bits per heavy atom. The van der Waals surface area contributed by atoms with Gasteiger partial charge in [-0.2, -0.15) is 0 Å². The van der Waals surface area contributed by atoms with Crippen LogP contribution in [-0.2, 0) is 6.42 Å². The van der Waals surface area contributed by atoms with E-state index in [9.17, 15) is 10.0 Å². The second-order valence-corrected chi connectivity index (χ2v) is 4.86. The number of carbonyl (C=O) groups is 1. The highest BCUT2D eigenvalue weighted by molar-refractivity contribution is 6.00. The lowest BCUT2D eigenvalue weighted by Gasteiger charge is -2.11. The molecule has 5 nitrogen and oxygen atoms in total. The van der Waals surface area contributed by atoms with Crippen LogP contribution in [0.2, 0.25) is 0 Å². The summed E-state index contributed by atoms with van der Waals surface area (Å²) in [5, 5.41) is 11.1. The van der Waals surface area contributed by atoms with Gasteiger partial charge in [0.15, 0.2) is 17.3 Å². The molecule has 0 atom stereocenters. The number of fused-ring (bicyclic) bond motifs is 3. The van der Waals surface area contributed by atoms with Crippen LogP contribution in [-0.4, -0.2) is 17.8 Å². The Balaban J connectivity index is 2.06. The van der Waals surface area contributed by atoms with Gasteiger partial charge in [-0.25, -0.2) is 0 Å². The molecule has 0 saturated heterocycles. The van der Waals surface area contributed by atoms with Crippen molar-refractivity contribution >= 4 is 16.7 Å². The van der Waals surface area contributed by atoms with Crippen molar-refractivity contribution < 1.29 is 24.2 Å². The fourth-order valence-electron chi connectivity index (χ4n) is 2.78. The molecule has 1 aliphatic heterocycles. The van der Waals surface area contributed by atoms with Gasteiger partial charge in [0.05, 0.1) is 17.0 Å². The van der Waals surface area contributed by atoms with Crippen LogP contribution in [0.3, 0.4) is 0 Å². The third-order valence-electron chi connectivity index (χ3n) is 3.73. The van der Waals surface area contributed by atoms with Crippen molar-refractivity contribution in [2.75, 3.05) is 6.79 Å². The Morgan fingerprint density at radius 3 is 2.74 bits per heavy atom. The Bertz CT molecular complexity index is 723. The molecule has 4 rings (SSSR count). The van der Waals surface area contributed by atoms with E-state index in [-0.39, 0.29) is 12.6 Å². The number of hydrogen-bond acceptors (Lipinski definition) is 4. The number of aromatic nitrogens is 1. The van der Waals surface area contributed by atoms with Crippen LogP contribution in [0.4, 0.5) is 0 Å². The molecule has 2 heterocycles. The molecule has 0 saturated carbocycles. The van der Waals surface area contributed by atoms with Gasteiger partial charge < -0.3 is 9.47 Å². The normalized spacial score (nSPS) is 16.7. The summed E-state index contributed by atoms with van der Waals surface area (Å²) in [6.07, 6.45) is 2.04. The molecule has 0 bridgehead atoms. The molecule has 0 amide bonds. The maximum atomic E-state index is 11.9. The molecule has 0 unspecified atom stereocenters. The van der Waals surface area contributed by atoms with E-state index in [4.69, 9.17) is 9.47 Å². The van der Waals surface area contributed by atoms with Crippen molar-refractivity contribution in [3.8, 4) is 11.5 Å². The Hall–Kier alpha value is -2.30. The van der Waals surface area contributed by atoms with E-state index in [1.807, 2.05) is 6.07 Å². The van der Waals surface area contributed by atoms with Gasteiger partial charge in [-0.1, -0.05) is 0 Å². The van der Waals surface area contributed by atoms with Crippen LogP contribution in [0.25, 0.3) is 10.9 Å². The van der Waals surface area contributed by atoms with E-state index in [2.05, 4.69) is 0 Å². The van der Waals surface area contributed by atoms with Crippen molar-refractivity contribution in [3.63, 3.8) is 0 Å². The minimum absolute atomic E-state index is 0.0867. The fourth-order valence-corrected chi connectivity index (χ4v) is 2.78. The summed E-state index contributed by atoms with van der Waals surface area (Å²) in [7, 11) is 0. The first-order valence-electron chi connectivity index (χ1n) is 6.28. The monoisotopic (exact) mass is 258 g/mol. The number of nitrogens with zero attached hydrogens (tertiary/aromatic N) is 1. The van der Waals surface area contributed by atoms with Gasteiger partial charge in [-0.3, -0.25) is 10.0 Å². The minimum atomic E-state index is 0.0867. The number of benzene rings is 1. The largest absolute Gasteiger partial charge is 0.454 e. The van der Waals surface area contributed by atoms with E-state index in [1.165, 1.54) is 0 Å². The van der Waals surface area contributed by atoms with Gasteiger partial charge in [-0.05, 0) is 18.6 Å². The van der Waals surface area contributed by atoms with Gasteiger partial charge in [0.2, 0.25) is 12.5 Å². The summed E-state index contributed by atoms with van der Waals surface area (Å²) < 4.78 is 11.7. The molecule has 1 aliphatic carbocycles. The highest BCUT2D eigenvalue weighted by Gasteiger charge is 2.30. The number of ether oxygens (including phenoxy) is 2. The third kappa shape index (κ3) is 1.41. The second-order valence-electron chi connectivity index (χ2n) is 4.86. The first kappa shape index (κ1) is 10.6. The van der Waals surface area contributed by atoms with E-state index < -0.39 is 0 Å². The number of carbonyl (C=O) groups excluding carboxylic acids is 1. The zero-order valence-electron chi connectivity index (χ0n) is 10.2. The van der Waals surface area contributed by atoms with E-state index in [0.29, 0.717) is 41.1 Å². The summed E-state index contributed by atoms with van der Waals surface area (Å²) in [5.41, 5.74) is 1.93. The van der Waals surface area contributed by atoms with Crippen LogP contribution in [0.15, 0.2) is 18.2 Å². The number of pyridine rings is 1. The molecule has 0 spiro atoms. The van der Waals surface area contributed by atoms with E-state index >= 15 is 0 Å². The van der Waals surface area contributed by atoms with Crippen LogP contribution in [0.1, 0.15) is 28.9 Å². The number of ketones is 1. The molecule has 2 aliphatic rings. The second kappa shape index (κ2) is 3.60. The zero-order chi connectivity index (χ0) is 13.0. The number of Topliss-reactive ketones (excluding diaryl/α,β-unsaturated/α-hetero) is 1. The molecule has 5 heteroatoms. The molecule has 1 aromatic carbocycles. The number of hydrogen-bond donors (Lipinski definition) is 1. The van der Waals surface area contributed by atoms with Gasteiger partial charge >= 0.3 is 0 Å². The Morgan fingerprint density at radius 1 is 1.11 bits per heavy atom. The lowest BCUT2D eigenvalue weighted by atomic mass is 9.93. The molecule has 1 N–H and O–H groups in total. The van der Waals surface area contributed by atoms with Crippen molar-refractivity contribution in [1.29, 1.82) is 0 Å². The molecule has 1 aromatic heterocycles. The summed E-state index contributed by atoms with van der Waals surface area (Å²) in [6.45, 7) is 0.190. The fraction of sp³-hybridized carbons (Fsp3) is 0.286. The third-order valence-corrected chi connectivity index (χ3v) is 3.73. The van der Waals surface area contributed by atoms with Gasteiger partial charge in [0, 0.05) is 17.6 Å². The lowest BCUT2D eigenvalue weighted by Crippen LogP contribution is -2.39. The summed E-state index contributed by atoms with van der Waals surface area (Å²) in [4.78, 5) is 11.9. The standard InChI is InChI=1S/C14H12NO4/c16-12-3-1-2-10-9(12)4-8-5-13-14(19-7-18-13)6-11(8)15(10)17/h4-6,17H,1-3,7H2/q+1. The Kier molecular flexibility index (Phi) is 2.01. The van der Waals surface area contributed by atoms with Crippen molar-refractivity contribution in [1.82, 2.24) is 0 Å². The number of rotatable bonds is 0. The van der Waals surface area contributed by atoms with Crippen molar-refractivity contribution in [2.24, 2.45) is 0 Å². The maximum Gasteiger partial charge on any atom is 0.268 e.